The molecule has 0 fully saturated rings. The van der Waals surface area contributed by atoms with Crippen molar-refractivity contribution in [2.24, 2.45) is 5.73 Å². The molecule has 0 aromatic heterocycles. The van der Waals surface area contributed by atoms with Crippen LogP contribution in [0.4, 0.5) is 5.69 Å². The summed E-state index contributed by atoms with van der Waals surface area (Å²) in [4.78, 5) is 2.19. The minimum absolute atomic E-state index is 0.0462. The van der Waals surface area contributed by atoms with Crippen molar-refractivity contribution < 1.29 is 0 Å². The lowest BCUT2D eigenvalue weighted by Crippen LogP contribution is -2.41. The van der Waals surface area contributed by atoms with Gasteiger partial charge in [0.15, 0.2) is 0 Å². The van der Waals surface area contributed by atoms with Crippen molar-refractivity contribution in [1.29, 1.82) is 0 Å². The first-order valence-electron chi connectivity index (χ1n) is 5.40. The molecule has 2 atom stereocenters. The lowest BCUT2D eigenvalue weighted by molar-refractivity contribution is 0.231. The van der Waals surface area contributed by atoms with Crippen LogP contribution in [0.15, 0.2) is 18.2 Å². The smallest absolute Gasteiger partial charge is 0.0476 e. The Labute approximate surface area is 91.1 Å². The van der Waals surface area contributed by atoms with Crippen LogP contribution >= 0.6 is 0 Å². The van der Waals surface area contributed by atoms with Gasteiger partial charge >= 0.3 is 0 Å². The maximum atomic E-state index is 6.27. The lowest BCUT2D eigenvalue weighted by atomic mass is 9.83. The number of anilines is 1. The maximum Gasteiger partial charge on any atom is 0.0476 e. The standard InChI is InChI=1S/C12H19N3/c1-15(2)10-7-6-8-4-3-5-9(13)11(8)12(10)14/h3-5,10,12H,6-7,13-14H2,1-2H3. The Kier molecular flexibility index (Phi) is 2.67. The first kappa shape index (κ1) is 10.5. The molecule has 0 aliphatic heterocycles. The second-order valence-corrected chi connectivity index (χ2v) is 4.52. The number of hydrogen-bond acceptors (Lipinski definition) is 3. The molecule has 2 unspecified atom stereocenters. The summed E-state index contributed by atoms with van der Waals surface area (Å²) in [7, 11) is 4.16. The molecule has 15 heavy (non-hydrogen) atoms. The minimum Gasteiger partial charge on any atom is -0.398 e. The minimum atomic E-state index is 0.0462. The van der Waals surface area contributed by atoms with Gasteiger partial charge in [0.05, 0.1) is 0 Å². The summed E-state index contributed by atoms with van der Waals surface area (Å²) >= 11 is 0. The van der Waals surface area contributed by atoms with Gasteiger partial charge in [-0.1, -0.05) is 12.1 Å². The molecule has 0 saturated carbocycles. The molecule has 0 radical (unpaired) electrons. The monoisotopic (exact) mass is 205 g/mol. The summed E-state index contributed by atoms with van der Waals surface area (Å²) in [5.41, 5.74) is 15.6. The third-order valence-corrected chi connectivity index (χ3v) is 3.35. The van der Waals surface area contributed by atoms with Crippen LogP contribution in [0.25, 0.3) is 0 Å². The molecule has 3 nitrogen and oxygen atoms in total. The van der Waals surface area contributed by atoms with Crippen LogP contribution < -0.4 is 11.5 Å². The molecule has 0 amide bonds. The third-order valence-electron chi connectivity index (χ3n) is 3.35. The summed E-state index contributed by atoms with van der Waals surface area (Å²) in [6.45, 7) is 0. The summed E-state index contributed by atoms with van der Waals surface area (Å²) in [5, 5.41) is 0. The number of hydrogen-bond donors (Lipinski definition) is 2. The van der Waals surface area contributed by atoms with Crippen LogP contribution in [0.5, 0.6) is 0 Å². The highest BCUT2D eigenvalue weighted by molar-refractivity contribution is 5.54. The molecule has 0 bridgehead atoms. The fourth-order valence-electron chi connectivity index (χ4n) is 2.51. The first-order valence-corrected chi connectivity index (χ1v) is 5.40. The zero-order chi connectivity index (χ0) is 11.0. The van der Waals surface area contributed by atoms with E-state index in [1.165, 1.54) is 5.56 Å². The molecular weight excluding hydrogens is 186 g/mol. The van der Waals surface area contributed by atoms with Crippen molar-refractivity contribution in [2.45, 2.75) is 24.9 Å². The lowest BCUT2D eigenvalue weighted by Gasteiger charge is -2.36. The molecule has 1 aromatic carbocycles. The van der Waals surface area contributed by atoms with E-state index in [1.54, 1.807) is 0 Å². The number of nitrogens with two attached hydrogens (primary N) is 2. The quantitative estimate of drug-likeness (QED) is 0.676. The van der Waals surface area contributed by atoms with Gasteiger partial charge in [-0.2, -0.15) is 0 Å². The van der Waals surface area contributed by atoms with Crippen LogP contribution in [0.2, 0.25) is 0 Å². The zero-order valence-corrected chi connectivity index (χ0v) is 9.40. The summed E-state index contributed by atoms with van der Waals surface area (Å²) in [5.74, 6) is 0. The first-order chi connectivity index (χ1) is 7.11. The highest BCUT2D eigenvalue weighted by Gasteiger charge is 2.29. The molecule has 4 N–H and O–H groups in total. The zero-order valence-electron chi connectivity index (χ0n) is 9.40. The molecule has 0 saturated heterocycles. The third kappa shape index (κ3) is 1.73. The number of benzene rings is 1. The Morgan fingerprint density at radius 1 is 1.33 bits per heavy atom. The molecule has 0 heterocycles. The van der Waals surface area contributed by atoms with E-state index in [2.05, 4.69) is 25.1 Å². The van der Waals surface area contributed by atoms with Crippen molar-refractivity contribution in [3.05, 3.63) is 29.3 Å². The Morgan fingerprint density at radius 2 is 2.07 bits per heavy atom. The normalized spacial score (nSPS) is 25.3. The average molecular weight is 205 g/mol. The van der Waals surface area contributed by atoms with E-state index in [0.717, 1.165) is 24.1 Å². The van der Waals surface area contributed by atoms with Gasteiger partial charge in [-0.3, -0.25) is 0 Å². The highest BCUT2D eigenvalue weighted by atomic mass is 15.1. The summed E-state index contributed by atoms with van der Waals surface area (Å²) in [6.07, 6.45) is 2.20. The fourth-order valence-corrected chi connectivity index (χ4v) is 2.51. The van der Waals surface area contributed by atoms with Gasteiger partial charge in [-0.25, -0.2) is 0 Å². The molecule has 2 rings (SSSR count). The van der Waals surface area contributed by atoms with E-state index in [0.29, 0.717) is 6.04 Å². The number of aryl methyl sites for hydroxylation is 1. The van der Waals surface area contributed by atoms with Gasteiger partial charge in [0, 0.05) is 17.8 Å². The van der Waals surface area contributed by atoms with E-state index >= 15 is 0 Å². The van der Waals surface area contributed by atoms with Gasteiger partial charge in [0.2, 0.25) is 0 Å². The predicted molar refractivity (Wildman–Crippen MR) is 63.6 cm³/mol. The van der Waals surface area contributed by atoms with Crippen molar-refractivity contribution in [2.75, 3.05) is 19.8 Å². The Morgan fingerprint density at radius 3 is 2.73 bits per heavy atom. The number of rotatable bonds is 1. The molecule has 82 valence electrons. The molecule has 3 heteroatoms. The van der Waals surface area contributed by atoms with E-state index in [9.17, 15) is 0 Å². The van der Waals surface area contributed by atoms with Crippen LogP contribution in [0, 0.1) is 0 Å². The molecule has 1 aliphatic rings. The van der Waals surface area contributed by atoms with E-state index in [1.807, 2.05) is 12.1 Å². The second-order valence-electron chi connectivity index (χ2n) is 4.52. The predicted octanol–water partition coefficient (Wildman–Crippen LogP) is 1.15. The van der Waals surface area contributed by atoms with Crippen LogP contribution in [0.3, 0.4) is 0 Å². The van der Waals surface area contributed by atoms with Gasteiger partial charge in [0.1, 0.15) is 0 Å². The SMILES string of the molecule is CN(C)C1CCc2cccc(N)c2C1N. The van der Waals surface area contributed by atoms with Crippen molar-refractivity contribution in [3.8, 4) is 0 Å². The van der Waals surface area contributed by atoms with Crippen molar-refractivity contribution >= 4 is 5.69 Å². The Bertz CT molecular complexity index is 360. The second kappa shape index (κ2) is 3.83. The molecule has 1 aromatic rings. The summed E-state index contributed by atoms with van der Waals surface area (Å²) in [6, 6.07) is 6.54. The highest BCUT2D eigenvalue weighted by Crippen LogP contribution is 2.33. The van der Waals surface area contributed by atoms with Gasteiger partial charge < -0.3 is 16.4 Å². The van der Waals surface area contributed by atoms with Gasteiger partial charge in [-0.15, -0.1) is 0 Å². The Hall–Kier alpha value is -1.06. The number of nitrogens with zero attached hydrogens (tertiary/aromatic N) is 1. The van der Waals surface area contributed by atoms with Crippen LogP contribution in [0.1, 0.15) is 23.6 Å². The van der Waals surface area contributed by atoms with E-state index in [4.69, 9.17) is 11.5 Å². The molecule has 1 aliphatic carbocycles. The van der Waals surface area contributed by atoms with Crippen LogP contribution in [-0.4, -0.2) is 25.0 Å². The topological polar surface area (TPSA) is 55.3 Å². The van der Waals surface area contributed by atoms with Gasteiger partial charge in [0.25, 0.3) is 0 Å². The number of likely N-dealkylation sites (N-methyl/N-ethyl adjacent to an activating group) is 1. The van der Waals surface area contributed by atoms with Crippen molar-refractivity contribution in [3.63, 3.8) is 0 Å². The molecular formula is C12H19N3. The van der Waals surface area contributed by atoms with Gasteiger partial charge in [-0.05, 0) is 44.1 Å². The summed E-state index contributed by atoms with van der Waals surface area (Å²) < 4.78 is 0. The van der Waals surface area contributed by atoms with Crippen LogP contribution in [-0.2, 0) is 6.42 Å². The number of fused-ring (bicyclic) bond motifs is 1. The average Bonchev–Trinajstić information content (AvgIpc) is 2.17. The fraction of sp³-hybridized carbons (Fsp3) is 0.500. The van der Waals surface area contributed by atoms with E-state index in [-0.39, 0.29) is 6.04 Å². The molecule has 0 spiro atoms. The number of nitrogen functional groups attached to an aromatic ring is 1. The Balaban J connectivity index is 2.40. The van der Waals surface area contributed by atoms with E-state index < -0.39 is 0 Å². The largest absolute Gasteiger partial charge is 0.398 e. The van der Waals surface area contributed by atoms with Crippen molar-refractivity contribution in [1.82, 2.24) is 4.90 Å². The maximum absolute atomic E-state index is 6.27.